The van der Waals surface area contributed by atoms with E-state index in [2.05, 4.69) is 41.7 Å². The summed E-state index contributed by atoms with van der Waals surface area (Å²) in [7, 11) is 0. The van der Waals surface area contributed by atoms with Gasteiger partial charge in [0.05, 0.1) is 4.75 Å². The first-order valence-electron chi connectivity index (χ1n) is 11.7. The van der Waals surface area contributed by atoms with E-state index in [0.29, 0.717) is 18.7 Å². The SMILES string of the molecule is NCCCCCC(=O)NC(CSC(c1ccccc1)(c1ccccc1)c1ccccc1)C(N)=O. The van der Waals surface area contributed by atoms with Crippen LogP contribution < -0.4 is 16.8 Å². The van der Waals surface area contributed by atoms with Crippen molar-refractivity contribution in [2.24, 2.45) is 11.5 Å². The molecule has 0 saturated heterocycles. The molecule has 0 radical (unpaired) electrons. The molecule has 0 fully saturated rings. The Hall–Kier alpha value is -3.09. The standard InChI is InChI=1S/C28H33N3O2S/c29-20-12-4-11-19-26(32)31-25(27(30)33)21-34-28(22-13-5-1-6-14-22,23-15-7-2-8-16-23)24-17-9-3-10-18-24/h1-3,5-10,13-18,25H,4,11-12,19-21,29H2,(H2,30,33)(H,31,32). The molecular weight excluding hydrogens is 442 g/mol. The molecule has 6 heteroatoms. The van der Waals surface area contributed by atoms with E-state index in [1.165, 1.54) is 0 Å². The van der Waals surface area contributed by atoms with Gasteiger partial charge in [-0.1, -0.05) is 97.4 Å². The lowest BCUT2D eigenvalue weighted by Crippen LogP contribution is -2.47. The Labute approximate surface area is 206 Å². The van der Waals surface area contributed by atoms with Crippen LogP contribution in [0.1, 0.15) is 42.4 Å². The van der Waals surface area contributed by atoms with Crippen molar-refractivity contribution in [3.8, 4) is 0 Å². The van der Waals surface area contributed by atoms with Crippen molar-refractivity contribution in [1.29, 1.82) is 0 Å². The number of primary amides is 1. The van der Waals surface area contributed by atoms with Gasteiger partial charge in [-0.3, -0.25) is 9.59 Å². The molecule has 0 aliphatic rings. The van der Waals surface area contributed by atoms with Gasteiger partial charge >= 0.3 is 0 Å². The highest BCUT2D eigenvalue weighted by molar-refractivity contribution is 8.00. The summed E-state index contributed by atoms with van der Waals surface area (Å²) in [6, 6.07) is 29.9. The van der Waals surface area contributed by atoms with Gasteiger partial charge < -0.3 is 16.8 Å². The summed E-state index contributed by atoms with van der Waals surface area (Å²) in [5.41, 5.74) is 14.5. The van der Waals surface area contributed by atoms with Crippen LogP contribution in [0.25, 0.3) is 0 Å². The summed E-state index contributed by atoms with van der Waals surface area (Å²) in [4.78, 5) is 24.8. The van der Waals surface area contributed by atoms with E-state index in [4.69, 9.17) is 11.5 Å². The molecule has 3 rings (SSSR count). The number of unbranched alkanes of at least 4 members (excludes halogenated alkanes) is 2. The Morgan fingerprint density at radius 2 is 1.24 bits per heavy atom. The third kappa shape index (κ3) is 6.49. The Balaban J connectivity index is 1.92. The maximum absolute atomic E-state index is 12.5. The number of hydrogen-bond acceptors (Lipinski definition) is 4. The number of thioether (sulfide) groups is 1. The number of amides is 2. The van der Waals surface area contributed by atoms with E-state index in [1.807, 2.05) is 54.6 Å². The fourth-order valence-corrected chi connectivity index (χ4v) is 5.62. The molecule has 5 nitrogen and oxygen atoms in total. The van der Waals surface area contributed by atoms with Crippen molar-refractivity contribution in [3.63, 3.8) is 0 Å². The van der Waals surface area contributed by atoms with Gasteiger partial charge in [0.25, 0.3) is 0 Å². The van der Waals surface area contributed by atoms with Crippen molar-refractivity contribution < 1.29 is 9.59 Å². The predicted octanol–water partition coefficient (Wildman–Crippen LogP) is 4.20. The molecule has 2 amide bonds. The van der Waals surface area contributed by atoms with Gasteiger partial charge in [-0.15, -0.1) is 11.8 Å². The minimum Gasteiger partial charge on any atom is -0.368 e. The minimum atomic E-state index is -0.775. The second kappa shape index (κ2) is 13.0. The summed E-state index contributed by atoms with van der Waals surface area (Å²) < 4.78 is -0.580. The zero-order valence-corrected chi connectivity index (χ0v) is 20.2. The summed E-state index contributed by atoms with van der Waals surface area (Å²) in [5.74, 6) is -0.361. The molecule has 0 heterocycles. The van der Waals surface area contributed by atoms with Crippen LogP contribution in [0.3, 0.4) is 0 Å². The molecule has 0 saturated carbocycles. The molecule has 0 bridgehead atoms. The van der Waals surface area contributed by atoms with Crippen LogP contribution in [0.15, 0.2) is 91.0 Å². The van der Waals surface area contributed by atoms with E-state index >= 15 is 0 Å². The average molecular weight is 476 g/mol. The highest BCUT2D eigenvalue weighted by Crippen LogP contribution is 2.48. The monoisotopic (exact) mass is 475 g/mol. The van der Waals surface area contributed by atoms with Gasteiger partial charge in [0.1, 0.15) is 6.04 Å². The molecule has 178 valence electrons. The first kappa shape index (κ1) is 25.5. The maximum Gasteiger partial charge on any atom is 0.240 e. The lowest BCUT2D eigenvalue weighted by Gasteiger charge is -2.36. The smallest absolute Gasteiger partial charge is 0.240 e. The summed E-state index contributed by atoms with van der Waals surface area (Å²) in [5, 5.41) is 2.85. The predicted molar refractivity (Wildman–Crippen MR) is 140 cm³/mol. The minimum absolute atomic E-state index is 0.161. The van der Waals surface area contributed by atoms with E-state index in [-0.39, 0.29) is 5.91 Å². The summed E-state index contributed by atoms with van der Waals surface area (Å²) >= 11 is 1.61. The third-order valence-corrected chi connectivity index (χ3v) is 7.43. The van der Waals surface area contributed by atoms with Crippen molar-refractivity contribution in [3.05, 3.63) is 108 Å². The number of rotatable bonds is 13. The first-order chi connectivity index (χ1) is 16.6. The zero-order chi connectivity index (χ0) is 24.2. The van der Waals surface area contributed by atoms with E-state index in [1.54, 1.807) is 11.8 Å². The van der Waals surface area contributed by atoms with Crippen LogP contribution in [0.4, 0.5) is 0 Å². The van der Waals surface area contributed by atoms with Gasteiger partial charge in [-0.25, -0.2) is 0 Å². The molecule has 5 N–H and O–H groups in total. The Kier molecular flexibility index (Phi) is 9.74. The second-order valence-corrected chi connectivity index (χ2v) is 9.45. The summed E-state index contributed by atoms with van der Waals surface area (Å²) in [6.07, 6.45) is 2.87. The van der Waals surface area contributed by atoms with Gasteiger partial charge in [-0.2, -0.15) is 0 Å². The highest BCUT2D eigenvalue weighted by atomic mass is 32.2. The molecule has 0 aliphatic carbocycles. The molecule has 0 aliphatic heterocycles. The quantitative estimate of drug-likeness (QED) is 0.255. The molecule has 0 aromatic heterocycles. The molecule has 0 spiro atoms. The average Bonchev–Trinajstić information content (AvgIpc) is 2.88. The van der Waals surface area contributed by atoms with Crippen molar-refractivity contribution in [2.45, 2.75) is 36.5 Å². The Bertz CT molecular complexity index is 933. The molecule has 3 aromatic carbocycles. The Morgan fingerprint density at radius 3 is 1.65 bits per heavy atom. The number of nitrogens with one attached hydrogen (secondary N) is 1. The maximum atomic E-state index is 12.5. The Morgan fingerprint density at radius 1 is 0.765 bits per heavy atom. The highest BCUT2D eigenvalue weighted by Gasteiger charge is 2.38. The topological polar surface area (TPSA) is 98.2 Å². The van der Waals surface area contributed by atoms with Crippen LogP contribution in [0.2, 0.25) is 0 Å². The molecular formula is C28H33N3O2S. The molecule has 1 unspecified atom stereocenters. The lowest BCUT2D eigenvalue weighted by atomic mass is 9.84. The molecule has 1 atom stereocenters. The van der Waals surface area contributed by atoms with Crippen LogP contribution in [-0.4, -0.2) is 30.2 Å². The van der Waals surface area contributed by atoms with Crippen LogP contribution in [-0.2, 0) is 14.3 Å². The molecule has 34 heavy (non-hydrogen) atoms. The van der Waals surface area contributed by atoms with Crippen LogP contribution >= 0.6 is 11.8 Å². The number of carbonyl (C=O) groups is 2. The lowest BCUT2D eigenvalue weighted by molar-refractivity contribution is -0.126. The third-order valence-electron chi connectivity index (χ3n) is 5.79. The van der Waals surface area contributed by atoms with E-state index in [0.717, 1.165) is 36.0 Å². The largest absolute Gasteiger partial charge is 0.368 e. The fourth-order valence-electron chi connectivity index (χ4n) is 4.05. The molecule has 3 aromatic rings. The van der Waals surface area contributed by atoms with Gasteiger partial charge in [-0.05, 0) is 36.1 Å². The van der Waals surface area contributed by atoms with Crippen molar-refractivity contribution >= 4 is 23.6 Å². The number of carbonyl (C=O) groups excluding carboxylic acids is 2. The van der Waals surface area contributed by atoms with Crippen LogP contribution in [0.5, 0.6) is 0 Å². The summed E-state index contributed by atoms with van der Waals surface area (Å²) in [6.45, 7) is 0.614. The van der Waals surface area contributed by atoms with E-state index < -0.39 is 16.7 Å². The van der Waals surface area contributed by atoms with Gasteiger partial charge in [0.2, 0.25) is 11.8 Å². The van der Waals surface area contributed by atoms with Gasteiger partial charge in [0.15, 0.2) is 0 Å². The number of hydrogen-bond donors (Lipinski definition) is 3. The zero-order valence-electron chi connectivity index (χ0n) is 19.4. The van der Waals surface area contributed by atoms with Crippen molar-refractivity contribution in [1.82, 2.24) is 5.32 Å². The number of nitrogens with two attached hydrogens (primary N) is 2. The first-order valence-corrected chi connectivity index (χ1v) is 12.7. The van der Waals surface area contributed by atoms with E-state index in [9.17, 15) is 9.59 Å². The normalized spacial score (nSPS) is 12.1. The second-order valence-electron chi connectivity index (χ2n) is 8.21. The number of benzene rings is 3. The fraction of sp³-hybridized carbons (Fsp3) is 0.286. The van der Waals surface area contributed by atoms with Crippen molar-refractivity contribution in [2.75, 3.05) is 12.3 Å². The van der Waals surface area contributed by atoms with Crippen LogP contribution in [0, 0.1) is 0 Å². The van der Waals surface area contributed by atoms with Gasteiger partial charge in [0, 0.05) is 12.2 Å².